The number of halogens is 4. The van der Waals surface area contributed by atoms with E-state index in [0.717, 1.165) is 38.8 Å². The molecule has 0 spiro atoms. The van der Waals surface area contributed by atoms with Crippen molar-refractivity contribution in [1.82, 2.24) is 24.3 Å². The minimum absolute atomic E-state index is 0.139. The van der Waals surface area contributed by atoms with E-state index in [4.69, 9.17) is 11.6 Å². The minimum Gasteiger partial charge on any atom is -0.350 e. The van der Waals surface area contributed by atoms with E-state index >= 15 is 4.39 Å². The minimum atomic E-state index is -1.29. The van der Waals surface area contributed by atoms with Gasteiger partial charge in [0.25, 0.3) is 0 Å². The summed E-state index contributed by atoms with van der Waals surface area (Å²) >= 11 is 8.28. The smallest absolute Gasteiger partial charge is 0.350 e. The van der Waals surface area contributed by atoms with Crippen LogP contribution in [-0.2, 0) is 4.79 Å². The van der Waals surface area contributed by atoms with Crippen molar-refractivity contribution in [2.45, 2.75) is 30.8 Å². The Morgan fingerprint density at radius 3 is 2.45 bits per heavy atom. The molecule has 2 aromatic carbocycles. The summed E-state index contributed by atoms with van der Waals surface area (Å²) in [5.41, 5.74) is 0.154. The number of benzene rings is 2. The van der Waals surface area contributed by atoms with E-state index in [1.54, 1.807) is 15.5 Å². The van der Waals surface area contributed by atoms with Crippen LogP contribution < -0.4 is 10.6 Å². The number of rotatable bonds is 6. The summed E-state index contributed by atoms with van der Waals surface area (Å²) in [6.45, 7) is 14.2. The molecule has 6 rings (SSSR count). The summed E-state index contributed by atoms with van der Waals surface area (Å²) in [7, 11) is 0. The maximum absolute atomic E-state index is 15.2. The van der Waals surface area contributed by atoms with Gasteiger partial charge in [-0.15, -0.1) is 11.8 Å². The number of hydrogen-bond acceptors (Lipinski definition) is 7. The Kier molecular flexibility index (Phi) is 8.71. The number of carbonyl (C=O) groups excluding carboxylic acids is 1. The summed E-state index contributed by atoms with van der Waals surface area (Å²) in [6, 6.07) is 2.58. The Labute approximate surface area is 263 Å². The van der Waals surface area contributed by atoms with Crippen LogP contribution in [0.5, 0.6) is 0 Å². The predicted molar refractivity (Wildman–Crippen MR) is 168 cm³/mol. The third kappa shape index (κ3) is 5.50. The summed E-state index contributed by atoms with van der Waals surface area (Å²) in [5, 5.41) is 0.750. The number of likely N-dealkylation sites (N-methyl/N-ethyl adjacent to an activating group) is 1. The Morgan fingerprint density at radius 1 is 1.07 bits per heavy atom. The molecule has 3 aliphatic heterocycles. The normalized spacial score (nSPS) is 21.2. The van der Waals surface area contributed by atoms with Gasteiger partial charge in [0, 0.05) is 91.6 Å². The number of anilines is 1. The first-order valence-electron chi connectivity index (χ1n) is 14.8. The van der Waals surface area contributed by atoms with Crippen molar-refractivity contribution in [2.24, 2.45) is 0 Å². The van der Waals surface area contributed by atoms with Crippen LogP contribution in [0.4, 0.5) is 19.0 Å². The van der Waals surface area contributed by atoms with E-state index in [1.165, 1.54) is 17.8 Å². The van der Waals surface area contributed by atoms with E-state index in [-0.39, 0.29) is 34.1 Å². The molecule has 0 bridgehead atoms. The zero-order chi connectivity index (χ0) is 31.3. The fourth-order valence-corrected chi connectivity index (χ4v) is 8.25. The van der Waals surface area contributed by atoms with Crippen molar-refractivity contribution >= 4 is 46.0 Å². The van der Waals surface area contributed by atoms with Gasteiger partial charge in [0.1, 0.15) is 11.6 Å². The molecular weight excluding hydrogens is 613 g/mol. The second-order valence-electron chi connectivity index (χ2n) is 11.5. The highest BCUT2D eigenvalue weighted by molar-refractivity contribution is 7.99. The maximum atomic E-state index is 15.2. The first kappa shape index (κ1) is 30.9. The molecule has 2 atom stereocenters. The monoisotopic (exact) mass is 646 g/mol. The van der Waals surface area contributed by atoms with E-state index in [9.17, 15) is 18.4 Å². The SMILES string of the molecule is C=CC(=O)N1CCN(c2nc(=O)n3c4c(c(-c5cc(F)c(F)cc5F)c(Cl)cc24)SC[C@@H]3CN2CCN(CC)CC2)[C@@H](C)C1. The molecular formula is C31H34ClF3N6O2S. The lowest BCUT2D eigenvalue weighted by molar-refractivity contribution is -0.126. The highest BCUT2D eigenvalue weighted by Gasteiger charge is 2.35. The largest absolute Gasteiger partial charge is 0.350 e. The lowest BCUT2D eigenvalue weighted by Crippen LogP contribution is -2.54. The molecule has 2 fully saturated rings. The highest BCUT2D eigenvalue weighted by Crippen LogP contribution is 2.48. The molecule has 0 aliphatic carbocycles. The van der Waals surface area contributed by atoms with E-state index < -0.39 is 23.1 Å². The van der Waals surface area contributed by atoms with Crippen LogP contribution >= 0.6 is 23.4 Å². The molecule has 13 heteroatoms. The standard InChI is InChI=1S/C31H34ClF3N6O2S/c1-4-26(42)39-10-11-40(18(3)15-39)30-21-12-22(32)27(20-13-24(34)25(35)14-23(20)33)29-28(21)41(31(43)36-30)19(17-44-29)16-38-8-6-37(5-2)7-9-38/h4,12-14,18-19H,1,5-11,15-17H2,2-3H3/t18-,19-/m0/s1. The van der Waals surface area contributed by atoms with Crippen molar-refractivity contribution in [3.8, 4) is 11.1 Å². The molecule has 3 aliphatic rings. The first-order chi connectivity index (χ1) is 21.1. The average molecular weight is 647 g/mol. The number of piperazine rings is 2. The molecule has 44 heavy (non-hydrogen) atoms. The van der Waals surface area contributed by atoms with Gasteiger partial charge in [-0.25, -0.2) is 18.0 Å². The van der Waals surface area contributed by atoms with Crippen LogP contribution in [0.3, 0.4) is 0 Å². The Bertz CT molecular complexity index is 1700. The molecule has 0 unspecified atom stereocenters. The van der Waals surface area contributed by atoms with Crippen LogP contribution in [-0.4, -0.2) is 101 Å². The van der Waals surface area contributed by atoms with Crippen LogP contribution in [0.2, 0.25) is 5.02 Å². The molecule has 0 saturated carbocycles. The molecule has 2 saturated heterocycles. The lowest BCUT2D eigenvalue weighted by atomic mass is 10.0. The van der Waals surface area contributed by atoms with Gasteiger partial charge in [-0.3, -0.25) is 14.3 Å². The third-order valence-corrected chi connectivity index (χ3v) is 10.5. The fourth-order valence-electron chi connectivity index (χ4n) is 6.57. The molecule has 0 N–H and O–H groups in total. The molecule has 0 radical (unpaired) electrons. The van der Waals surface area contributed by atoms with Gasteiger partial charge in [-0.05, 0) is 31.7 Å². The van der Waals surface area contributed by atoms with Gasteiger partial charge in [-0.1, -0.05) is 25.1 Å². The highest BCUT2D eigenvalue weighted by atomic mass is 35.5. The Hall–Kier alpha value is -3.06. The average Bonchev–Trinajstić information content (AvgIpc) is 3.01. The molecule has 1 aromatic heterocycles. The number of thioether (sulfide) groups is 1. The number of amides is 1. The van der Waals surface area contributed by atoms with Gasteiger partial charge >= 0.3 is 5.69 Å². The van der Waals surface area contributed by atoms with Crippen LogP contribution in [0.15, 0.2) is 40.5 Å². The maximum Gasteiger partial charge on any atom is 0.350 e. The quantitative estimate of drug-likeness (QED) is 0.286. The van der Waals surface area contributed by atoms with Crippen molar-refractivity contribution in [2.75, 3.05) is 69.6 Å². The van der Waals surface area contributed by atoms with Crippen LogP contribution in [0.25, 0.3) is 22.0 Å². The van der Waals surface area contributed by atoms with Crippen molar-refractivity contribution in [3.63, 3.8) is 0 Å². The summed E-state index contributed by atoms with van der Waals surface area (Å²) in [6.07, 6.45) is 1.29. The van der Waals surface area contributed by atoms with Gasteiger partial charge in [0.2, 0.25) is 5.91 Å². The van der Waals surface area contributed by atoms with E-state index in [1.807, 2.05) is 11.8 Å². The lowest BCUT2D eigenvalue weighted by Gasteiger charge is -2.41. The van der Waals surface area contributed by atoms with Crippen LogP contribution in [0.1, 0.15) is 19.9 Å². The first-order valence-corrected chi connectivity index (χ1v) is 16.2. The number of nitrogens with zero attached hydrogens (tertiary/aromatic N) is 6. The van der Waals surface area contributed by atoms with E-state index in [2.05, 4.69) is 28.3 Å². The van der Waals surface area contributed by atoms with Crippen molar-refractivity contribution in [1.29, 1.82) is 0 Å². The summed E-state index contributed by atoms with van der Waals surface area (Å²) < 4.78 is 45.2. The van der Waals surface area contributed by atoms with Crippen LogP contribution in [0, 0.1) is 17.5 Å². The summed E-state index contributed by atoms with van der Waals surface area (Å²) in [4.78, 5) is 39.8. The second kappa shape index (κ2) is 12.4. The Morgan fingerprint density at radius 2 is 1.77 bits per heavy atom. The van der Waals surface area contributed by atoms with Crippen molar-refractivity contribution < 1.29 is 18.0 Å². The summed E-state index contributed by atoms with van der Waals surface area (Å²) in [5.74, 6) is -2.67. The molecule has 8 nitrogen and oxygen atoms in total. The van der Waals surface area contributed by atoms with Gasteiger partial charge in [0.05, 0.1) is 16.6 Å². The molecule has 234 valence electrons. The zero-order valence-electron chi connectivity index (χ0n) is 24.7. The Balaban J connectivity index is 1.51. The fraction of sp³-hybridized carbons (Fsp3) is 0.452. The van der Waals surface area contributed by atoms with Gasteiger partial charge in [0.15, 0.2) is 11.6 Å². The topological polar surface area (TPSA) is 64.9 Å². The van der Waals surface area contributed by atoms with Crippen molar-refractivity contribution in [3.05, 3.63) is 63.8 Å². The number of aromatic nitrogens is 2. The van der Waals surface area contributed by atoms with Gasteiger partial charge < -0.3 is 14.7 Å². The number of carbonyl (C=O) groups is 1. The van der Waals surface area contributed by atoms with E-state index in [0.29, 0.717) is 59.6 Å². The second-order valence-corrected chi connectivity index (χ2v) is 13.0. The molecule has 4 heterocycles. The zero-order valence-corrected chi connectivity index (χ0v) is 26.2. The molecule has 3 aromatic rings. The van der Waals surface area contributed by atoms with Gasteiger partial charge in [-0.2, -0.15) is 4.98 Å². The predicted octanol–water partition coefficient (Wildman–Crippen LogP) is 4.64. The third-order valence-electron chi connectivity index (χ3n) is 8.93. The number of hydrogen-bond donors (Lipinski definition) is 0. The molecule has 1 amide bonds.